The third-order valence-corrected chi connectivity index (χ3v) is 2.38. The van der Waals surface area contributed by atoms with Crippen molar-refractivity contribution in [3.05, 3.63) is 12.2 Å². The van der Waals surface area contributed by atoms with Crippen molar-refractivity contribution in [3.8, 4) is 0 Å². The molecule has 1 unspecified atom stereocenters. The first-order valence-electron chi connectivity index (χ1n) is 5.98. The highest BCUT2D eigenvalue weighted by molar-refractivity contribution is 5.86. The third kappa shape index (κ3) is 7.55. The van der Waals surface area contributed by atoms with Gasteiger partial charge in [0.1, 0.15) is 0 Å². The zero-order valence-electron chi connectivity index (χ0n) is 11.0. The van der Waals surface area contributed by atoms with Crippen molar-refractivity contribution in [3.63, 3.8) is 0 Å². The number of rotatable bonds is 8. The van der Waals surface area contributed by atoms with E-state index in [0.717, 1.165) is 6.42 Å². The van der Waals surface area contributed by atoms with E-state index >= 15 is 0 Å². The molecule has 0 amide bonds. The Hall–Kier alpha value is -1.32. The van der Waals surface area contributed by atoms with Gasteiger partial charge in [0.25, 0.3) is 0 Å². The Balaban J connectivity index is 3.44. The van der Waals surface area contributed by atoms with Crippen LogP contribution in [0.4, 0.5) is 0 Å². The van der Waals surface area contributed by atoms with E-state index in [9.17, 15) is 9.59 Å². The maximum Gasteiger partial charge on any atom is 0.333 e. The lowest BCUT2D eigenvalue weighted by Gasteiger charge is -2.09. The molecule has 17 heavy (non-hydrogen) atoms. The Morgan fingerprint density at radius 3 is 2.18 bits per heavy atom. The molecule has 1 atom stereocenters. The van der Waals surface area contributed by atoms with Crippen LogP contribution in [-0.2, 0) is 19.1 Å². The van der Waals surface area contributed by atoms with E-state index < -0.39 is 0 Å². The number of esters is 2. The van der Waals surface area contributed by atoms with Crippen LogP contribution in [-0.4, -0.2) is 25.2 Å². The largest absolute Gasteiger partial charge is 0.465 e. The maximum atomic E-state index is 11.3. The molecule has 0 aromatic rings. The summed E-state index contributed by atoms with van der Waals surface area (Å²) >= 11 is 0. The first-order valence-corrected chi connectivity index (χ1v) is 5.98. The molecule has 0 aromatic heterocycles. The first kappa shape index (κ1) is 15.7. The van der Waals surface area contributed by atoms with Crippen LogP contribution in [0.3, 0.4) is 0 Å². The summed E-state index contributed by atoms with van der Waals surface area (Å²) < 4.78 is 9.95. The van der Waals surface area contributed by atoms with Gasteiger partial charge in [-0.05, 0) is 26.2 Å². The summed E-state index contributed by atoms with van der Waals surface area (Å²) in [6.45, 7) is 9.60. The molecule has 4 nitrogen and oxygen atoms in total. The Morgan fingerprint density at radius 1 is 1.18 bits per heavy atom. The highest BCUT2D eigenvalue weighted by Gasteiger charge is 2.11. The molecule has 0 rings (SSSR count). The topological polar surface area (TPSA) is 52.6 Å². The van der Waals surface area contributed by atoms with Gasteiger partial charge in [-0.15, -0.1) is 0 Å². The minimum Gasteiger partial charge on any atom is -0.465 e. The molecule has 0 bridgehead atoms. The molecule has 0 radical (unpaired) electrons. The molecule has 0 aliphatic heterocycles. The Bertz CT molecular complexity index is 271. The van der Waals surface area contributed by atoms with Gasteiger partial charge in [0, 0.05) is 5.57 Å². The van der Waals surface area contributed by atoms with Crippen LogP contribution in [0.5, 0.6) is 0 Å². The lowest BCUT2D eigenvalue weighted by atomic mass is 10.1. The Morgan fingerprint density at radius 2 is 1.71 bits per heavy atom. The van der Waals surface area contributed by atoms with Crippen molar-refractivity contribution in [1.82, 2.24) is 0 Å². The van der Waals surface area contributed by atoms with Crippen LogP contribution >= 0.6 is 0 Å². The van der Waals surface area contributed by atoms with Gasteiger partial charge in [0.15, 0.2) is 0 Å². The SMILES string of the molecule is C=C(C)C(=O)OCCCCOC(=O)C(C)CC. The summed E-state index contributed by atoms with van der Waals surface area (Å²) in [7, 11) is 0. The van der Waals surface area contributed by atoms with E-state index in [-0.39, 0.29) is 17.9 Å². The van der Waals surface area contributed by atoms with Gasteiger partial charge in [0.05, 0.1) is 19.1 Å². The van der Waals surface area contributed by atoms with Gasteiger partial charge < -0.3 is 9.47 Å². The maximum absolute atomic E-state index is 11.3. The fourth-order valence-corrected chi connectivity index (χ4v) is 0.974. The number of unbranched alkanes of at least 4 members (excludes halogenated alkanes) is 1. The van der Waals surface area contributed by atoms with Gasteiger partial charge in [-0.2, -0.15) is 0 Å². The molecule has 0 fully saturated rings. The fraction of sp³-hybridized carbons (Fsp3) is 0.692. The molecule has 4 heteroatoms. The summed E-state index contributed by atoms with van der Waals surface area (Å²) in [6, 6.07) is 0. The van der Waals surface area contributed by atoms with Gasteiger partial charge in [-0.3, -0.25) is 4.79 Å². The van der Waals surface area contributed by atoms with Crippen LogP contribution < -0.4 is 0 Å². The summed E-state index contributed by atoms with van der Waals surface area (Å²) in [4.78, 5) is 22.3. The van der Waals surface area contributed by atoms with Crippen LogP contribution in [0.1, 0.15) is 40.0 Å². The predicted molar refractivity (Wildman–Crippen MR) is 65.4 cm³/mol. The highest BCUT2D eigenvalue weighted by atomic mass is 16.5. The highest BCUT2D eigenvalue weighted by Crippen LogP contribution is 2.04. The van der Waals surface area contributed by atoms with E-state index in [1.165, 1.54) is 0 Å². The quantitative estimate of drug-likeness (QED) is 0.373. The number of hydrogen-bond donors (Lipinski definition) is 0. The second kappa shape index (κ2) is 8.79. The molecule has 0 aliphatic carbocycles. The van der Waals surface area contributed by atoms with Crippen molar-refractivity contribution >= 4 is 11.9 Å². The van der Waals surface area contributed by atoms with Crippen LogP contribution in [0.25, 0.3) is 0 Å². The van der Waals surface area contributed by atoms with E-state index in [1.54, 1.807) is 6.92 Å². The summed E-state index contributed by atoms with van der Waals surface area (Å²) in [6.07, 6.45) is 2.17. The minimum atomic E-state index is -0.374. The Kier molecular flexibility index (Phi) is 8.11. The number of ether oxygens (including phenoxy) is 2. The zero-order valence-corrected chi connectivity index (χ0v) is 11.0. The van der Waals surface area contributed by atoms with Gasteiger partial charge >= 0.3 is 11.9 Å². The fourth-order valence-electron chi connectivity index (χ4n) is 0.974. The molecular weight excluding hydrogens is 220 g/mol. The number of hydrogen-bond acceptors (Lipinski definition) is 4. The monoisotopic (exact) mass is 242 g/mol. The number of carbonyl (C=O) groups excluding carboxylic acids is 2. The molecule has 0 N–H and O–H groups in total. The first-order chi connectivity index (χ1) is 7.99. The molecule has 0 saturated heterocycles. The third-order valence-electron chi connectivity index (χ3n) is 2.38. The zero-order chi connectivity index (χ0) is 13.3. The van der Waals surface area contributed by atoms with Crippen molar-refractivity contribution in [1.29, 1.82) is 0 Å². The lowest BCUT2D eigenvalue weighted by Crippen LogP contribution is -2.15. The second-order valence-electron chi connectivity index (χ2n) is 4.10. The van der Waals surface area contributed by atoms with Crippen molar-refractivity contribution in [2.75, 3.05) is 13.2 Å². The normalized spacial score (nSPS) is 11.7. The van der Waals surface area contributed by atoms with E-state index in [2.05, 4.69) is 6.58 Å². The second-order valence-corrected chi connectivity index (χ2v) is 4.10. The van der Waals surface area contributed by atoms with Crippen LogP contribution in [0, 0.1) is 5.92 Å². The van der Waals surface area contributed by atoms with Crippen molar-refractivity contribution in [2.45, 2.75) is 40.0 Å². The summed E-state index contributed by atoms with van der Waals surface area (Å²) in [5, 5.41) is 0. The van der Waals surface area contributed by atoms with Crippen molar-refractivity contribution in [2.24, 2.45) is 5.92 Å². The molecule has 98 valence electrons. The van der Waals surface area contributed by atoms with Crippen molar-refractivity contribution < 1.29 is 19.1 Å². The number of carbonyl (C=O) groups is 2. The molecular formula is C13H22O4. The van der Waals surface area contributed by atoms with E-state index in [4.69, 9.17) is 9.47 Å². The molecule has 0 heterocycles. The van der Waals surface area contributed by atoms with E-state index in [0.29, 0.717) is 31.6 Å². The summed E-state index contributed by atoms with van der Waals surface area (Å²) in [5.41, 5.74) is 0.396. The molecule has 0 saturated carbocycles. The van der Waals surface area contributed by atoms with Gasteiger partial charge in [-0.25, -0.2) is 4.79 Å². The predicted octanol–water partition coefficient (Wildman–Crippen LogP) is 2.48. The van der Waals surface area contributed by atoms with Gasteiger partial charge in [-0.1, -0.05) is 20.4 Å². The van der Waals surface area contributed by atoms with Crippen LogP contribution in [0.15, 0.2) is 12.2 Å². The lowest BCUT2D eigenvalue weighted by molar-refractivity contribution is -0.148. The smallest absolute Gasteiger partial charge is 0.333 e. The van der Waals surface area contributed by atoms with E-state index in [1.807, 2.05) is 13.8 Å². The average Bonchev–Trinajstić information content (AvgIpc) is 2.31. The summed E-state index contributed by atoms with van der Waals surface area (Å²) in [5.74, 6) is -0.579. The minimum absolute atomic E-state index is 0.0451. The van der Waals surface area contributed by atoms with Crippen LogP contribution in [0.2, 0.25) is 0 Å². The Labute approximate surface area is 103 Å². The molecule has 0 aliphatic rings. The molecule has 0 spiro atoms. The average molecular weight is 242 g/mol. The standard InChI is InChI=1S/C13H22O4/c1-5-11(4)13(15)17-9-7-6-8-16-12(14)10(2)3/h11H,2,5-9H2,1,3-4H3. The molecule has 0 aromatic carbocycles. The van der Waals surface area contributed by atoms with Gasteiger partial charge in [0.2, 0.25) is 0 Å².